The summed E-state index contributed by atoms with van der Waals surface area (Å²) in [6, 6.07) is 1.64. The van der Waals surface area contributed by atoms with Crippen molar-refractivity contribution in [2.75, 3.05) is 0 Å². The Bertz CT molecular complexity index is 457. The molecule has 5 unspecified atom stereocenters. The van der Waals surface area contributed by atoms with Gasteiger partial charge in [-0.1, -0.05) is 0 Å². The van der Waals surface area contributed by atoms with Crippen LogP contribution in [0.3, 0.4) is 0 Å². The first-order valence-electron chi connectivity index (χ1n) is 6.76. The number of hydrazine groups is 1. The minimum absolute atomic E-state index is 0.109. The maximum atomic E-state index is 11.2. The van der Waals surface area contributed by atoms with E-state index in [2.05, 4.69) is 5.43 Å². The lowest BCUT2D eigenvalue weighted by molar-refractivity contribution is -0.150. The molecule has 0 amide bonds. The van der Waals surface area contributed by atoms with Crippen molar-refractivity contribution in [3.63, 3.8) is 0 Å². The molecular formula is C12H19N5O4. The Morgan fingerprint density at radius 1 is 1.14 bits per heavy atom. The topological polar surface area (TPSA) is 166 Å². The summed E-state index contributed by atoms with van der Waals surface area (Å²) in [5.74, 6) is -4.13. The van der Waals surface area contributed by atoms with E-state index in [4.69, 9.17) is 16.7 Å². The van der Waals surface area contributed by atoms with Gasteiger partial charge in [0.25, 0.3) is 0 Å². The van der Waals surface area contributed by atoms with Crippen molar-refractivity contribution in [2.45, 2.75) is 37.6 Å². The second kappa shape index (κ2) is 5.95. The van der Waals surface area contributed by atoms with Crippen LogP contribution in [0.25, 0.3) is 0 Å². The number of aliphatic carboxylic acids is 2. The first kappa shape index (κ1) is 15.7. The van der Waals surface area contributed by atoms with Crippen LogP contribution in [0, 0.1) is 29.1 Å². The molecule has 0 bridgehead atoms. The highest BCUT2D eigenvalue weighted by Gasteiger charge is 2.45. The van der Waals surface area contributed by atoms with Crippen LogP contribution in [0.4, 0.5) is 0 Å². The number of nitrogens with zero attached hydrogens (tertiary/aromatic N) is 2. The summed E-state index contributed by atoms with van der Waals surface area (Å²) in [7, 11) is 0. The Morgan fingerprint density at radius 3 is 2.05 bits per heavy atom. The first-order valence-corrected chi connectivity index (χ1v) is 6.76. The first-order chi connectivity index (χ1) is 9.85. The fourth-order valence-electron chi connectivity index (χ4n) is 3.15. The van der Waals surface area contributed by atoms with Gasteiger partial charge in [-0.15, -0.1) is 0 Å². The molecule has 2 rings (SSSR count). The third-order valence-electron chi connectivity index (χ3n) is 4.30. The molecule has 1 aliphatic heterocycles. The predicted molar refractivity (Wildman–Crippen MR) is 69.9 cm³/mol. The van der Waals surface area contributed by atoms with Gasteiger partial charge in [0.05, 0.1) is 30.2 Å². The molecule has 5 atom stereocenters. The molecular weight excluding hydrogens is 278 g/mol. The summed E-state index contributed by atoms with van der Waals surface area (Å²) < 4.78 is 0. The number of nitrogens with one attached hydrogen (secondary N) is 1. The van der Waals surface area contributed by atoms with E-state index in [0.717, 1.165) is 0 Å². The predicted octanol–water partition coefficient (Wildman–Crippen LogP) is -1.53. The van der Waals surface area contributed by atoms with Crippen LogP contribution in [-0.2, 0) is 9.59 Å². The smallest absolute Gasteiger partial charge is 0.306 e. The average molecular weight is 297 g/mol. The van der Waals surface area contributed by atoms with E-state index in [-0.39, 0.29) is 25.3 Å². The molecule has 0 aromatic carbocycles. The molecule has 2 fully saturated rings. The molecule has 21 heavy (non-hydrogen) atoms. The number of carbonyl (C=O) groups is 2. The van der Waals surface area contributed by atoms with Crippen molar-refractivity contribution in [1.29, 1.82) is 5.26 Å². The molecule has 9 nitrogen and oxygen atoms in total. The van der Waals surface area contributed by atoms with Crippen LogP contribution in [0.15, 0.2) is 0 Å². The second-order valence-electron chi connectivity index (χ2n) is 5.64. The number of nitriles is 1. The van der Waals surface area contributed by atoms with E-state index in [9.17, 15) is 19.8 Å². The zero-order chi connectivity index (χ0) is 15.7. The average Bonchev–Trinajstić information content (AvgIpc) is 2.72. The molecule has 0 aromatic rings. The van der Waals surface area contributed by atoms with Crippen molar-refractivity contribution < 1.29 is 19.8 Å². The minimum atomic E-state index is -1.01. The van der Waals surface area contributed by atoms with Crippen molar-refractivity contribution in [2.24, 2.45) is 29.2 Å². The van der Waals surface area contributed by atoms with Crippen LogP contribution in [0.2, 0.25) is 0 Å². The largest absolute Gasteiger partial charge is 0.481 e. The Morgan fingerprint density at radius 2 is 1.67 bits per heavy atom. The monoisotopic (exact) mass is 297 g/mol. The summed E-state index contributed by atoms with van der Waals surface area (Å²) in [6.07, 6.45) is -0.650. The molecule has 2 aliphatic rings. The fourth-order valence-corrected chi connectivity index (χ4v) is 3.15. The summed E-state index contributed by atoms with van der Waals surface area (Å²) in [6.45, 7) is 0. The lowest BCUT2D eigenvalue weighted by Gasteiger charge is -2.38. The van der Waals surface area contributed by atoms with Gasteiger partial charge in [0.1, 0.15) is 5.92 Å². The third-order valence-corrected chi connectivity index (χ3v) is 4.30. The SMILES string of the molecule is N#CC1C(N)NN(C2CC(C(=O)O)CC(C(=O)O)C2)C1N. The molecule has 1 heterocycles. The van der Waals surface area contributed by atoms with E-state index in [1.807, 2.05) is 6.07 Å². The molecule has 0 spiro atoms. The Balaban J connectivity index is 2.16. The van der Waals surface area contributed by atoms with Crippen molar-refractivity contribution in [3.05, 3.63) is 0 Å². The zero-order valence-electron chi connectivity index (χ0n) is 11.3. The van der Waals surface area contributed by atoms with Gasteiger partial charge in [0, 0.05) is 6.04 Å². The van der Waals surface area contributed by atoms with Gasteiger partial charge in [0.2, 0.25) is 0 Å². The molecule has 1 aliphatic carbocycles. The Kier molecular flexibility index (Phi) is 4.43. The lowest BCUT2D eigenvalue weighted by Crippen LogP contribution is -2.54. The van der Waals surface area contributed by atoms with Crippen molar-refractivity contribution in [1.82, 2.24) is 10.4 Å². The standard InChI is InChI=1S/C12H19N5O4/c13-4-8-9(14)16-17(10(8)15)7-2-5(11(18)19)1-6(3-7)12(20)21/h5-10,16H,1-3,14-15H2,(H,18,19)(H,20,21). The van der Waals surface area contributed by atoms with Crippen LogP contribution in [0.5, 0.6) is 0 Å². The van der Waals surface area contributed by atoms with Gasteiger partial charge in [-0.25, -0.2) is 10.4 Å². The number of hydrogen-bond donors (Lipinski definition) is 5. The van der Waals surface area contributed by atoms with Crippen molar-refractivity contribution in [3.8, 4) is 6.07 Å². The van der Waals surface area contributed by atoms with Crippen LogP contribution in [0.1, 0.15) is 19.3 Å². The highest BCUT2D eigenvalue weighted by atomic mass is 16.4. The minimum Gasteiger partial charge on any atom is -0.481 e. The molecule has 0 aromatic heterocycles. The number of nitrogens with two attached hydrogens (primary N) is 2. The van der Waals surface area contributed by atoms with Crippen LogP contribution < -0.4 is 16.9 Å². The number of rotatable bonds is 3. The maximum absolute atomic E-state index is 11.2. The number of hydrogen-bond acceptors (Lipinski definition) is 7. The van der Waals surface area contributed by atoms with E-state index < -0.39 is 42.0 Å². The van der Waals surface area contributed by atoms with Crippen LogP contribution >= 0.6 is 0 Å². The number of carboxylic acids is 2. The Hall–Kier alpha value is -1.73. The highest BCUT2D eigenvalue weighted by molar-refractivity contribution is 5.74. The summed E-state index contributed by atoms with van der Waals surface area (Å²) in [5, 5.41) is 28.9. The second-order valence-corrected chi connectivity index (χ2v) is 5.64. The van der Waals surface area contributed by atoms with Gasteiger partial charge >= 0.3 is 11.9 Å². The van der Waals surface area contributed by atoms with E-state index in [0.29, 0.717) is 0 Å². The normalized spacial score (nSPS) is 40.6. The zero-order valence-corrected chi connectivity index (χ0v) is 11.3. The third kappa shape index (κ3) is 2.98. The van der Waals surface area contributed by atoms with Gasteiger partial charge in [0.15, 0.2) is 0 Å². The number of carboxylic acid groups (broad SMARTS) is 2. The van der Waals surface area contributed by atoms with E-state index in [1.54, 1.807) is 5.01 Å². The lowest BCUT2D eigenvalue weighted by atomic mass is 9.78. The summed E-state index contributed by atoms with van der Waals surface area (Å²) in [5.41, 5.74) is 14.6. The Labute approximate surface area is 121 Å². The summed E-state index contributed by atoms with van der Waals surface area (Å²) >= 11 is 0. The molecule has 1 saturated carbocycles. The van der Waals surface area contributed by atoms with Gasteiger partial charge in [-0.05, 0) is 19.3 Å². The molecule has 116 valence electrons. The molecule has 7 N–H and O–H groups in total. The van der Waals surface area contributed by atoms with E-state index in [1.165, 1.54) is 0 Å². The van der Waals surface area contributed by atoms with E-state index >= 15 is 0 Å². The molecule has 0 radical (unpaired) electrons. The van der Waals surface area contributed by atoms with Crippen molar-refractivity contribution >= 4 is 11.9 Å². The molecule has 1 saturated heterocycles. The summed E-state index contributed by atoms with van der Waals surface area (Å²) in [4.78, 5) is 22.4. The quantitative estimate of drug-likeness (QED) is 0.415. The fraction of sp³-hybridized carbons (Fsp3) is 0.750. The highest BCUT2D eigenvalue weighted by Crippen LogP contribution is 2.34. The maximum Gasteiger partial charge on any atom is 0.306 e. The van der Waals surface area contributed by atoms with Gasteiger partial charge < -0.3 is 21.7 Å². The van der Waals surface area contributed by atoms with Gasteiger partial charge in [-0.3, -0.25) is 9.59 Å². The molecule has 9 heteroatoms. The van der Waals surface area contributed by atoms with Crippen LogP contribution in [-0.4, -0.2) is 45.5 Å². The van der Waals surface area contributed by atoms with Gasteiger partial charge in [-0.2, -0.15) is 5.26 Å².